The van der Waals surface area contributed by atoms with Crippen molar-refractivity contribution < 1.29 is 14.6 Å². The lowest BCUT2D eigenvalue weighted by Crippen LogP contribution is -2.26. The fraction of sp³-hybridized carbons (Fsp3) is 0.500. The second-order valence-corrected chi connectivity index (χ2v) is 4.59. The van der Waals surface area contributed by atoms with E-state index in [1.165, 1.54) is 5.56 Å². The number of hydrogen-bond acceptors (Lipinski definition) is 3. The van der Waals surface area contributed by atoms with E-state index >= 15 is 0 Å². The molecule has 0 heterocycles. The van der Waals surface area contributed by atoms with Gasteiger partial charge in [-0.05, 0) is 36.5 Å². The monoisotopic (exact) mass is 249 g/mol. The van der Waals surface area contributed by atoms with E-state index in [9.17, 15) is 4.79 Å². The quantitative estimate of drug-likeness (QED) is 0.747. The van der Waals surface area contributed by atoms with E-state index in [1.807, 2.05) is 24.3 Å². The van der Waals surface area contributed by atoms with Crippen molar-refractivity contribution in [1.29, 1.82) is 0 Å². The van der Waals surface area contributed by atoms with E-state index in [1.54, 1.807) is 7.11 Å². The molecule has 2 unspecified atom stereocenters. The summed E-state index contributed by atoms with van der Waals surface area (Å²) in [7, 11) is 1.64. The molecule has 0 bridgehead atoms. The summed E-state index contributed by atoms with van der Waals surface area (Å²) >= 11 is 0. The third-order valence-electron chi connectivity index (χ3n) is 3.31. The van der Waals surface area contributed by atoms with Crippen LogP contribution in [-0.2, 0) is 4.79 Å². The van der Waals surface area contributed by atoms with Crippen LogP contribution >= 0.6 is 0 Å². The number of benzene rings is 1. The molecule has 0 aromatic heterocycles. The van der Waals surface area contributed by atoms with Crippen LogP contribution in [0.3, 0.4) is 0 Å². The summed E-state index contributed by atoms with van der Waals surface area (Å²) in [6.45, 7) is 0.675. The second kappa shape index (κ2) is 5.87. The highest BCUT2D eigenvalue weighted by molar-refractivity contribution is 5.82. The molecule has 2 rings (SSSR count). The van der Waals surface area contributed by atoms with Gasteiger partial charge in [-0.15, -0.1) is 0 Å². The Morgan fingerprint density at radius 1 is 1.44 bits per heavy atom. The lowest BCUT2D eigenvalue weighted by Gasteiger charge is -2.04. The van der Waals surface area contributed by atoms with Gasteiger partial charge in [-0.3, -0.25) is 4.79 Å². The normalized spacial score (nSPS) is 21.4. The zero-order chi connectivity index (χ0) is 13.0. The van der Waals surface area contributed by atoms with E-state index in [0.717, 1.165) is 12.2 Å². The zero-order valence-corrected chi connectivity index (χ0v) is 10.6. The molecular weight excluding hydrogens is 230 g/mol. The minimum absolute atomic E-state index is 0.0945. The Labute approximate surface area is 107 Å². The highest BCUT2D eigenvalue weighted by Gasteiger charge is 2.43. The fourth-order valence-corrected chi connectivity index (χ4v) is 2.13. The van der Waals surface area contributed by atoms with Crippen molar-refractivity contribution in [3.63, 3.8) is 0 Å². The van der Waals surface area contributed by atoms with E-state index in [-0.39, 0.29) is 18.4 Å². The van der Waals surface area contributed by atoms with Crippen molar-refractivity contribution in [3.05, 3.63) is 29.8 Å². The van der Waals surface area contributed by atoms with Gasteiger partial charge in [0.2, 0.25) is 5.91 Å². The Bertz CT molecular complexity index is 402. The SMILES string of the molecule is COc1ccc(C2CC2C(=O)NCCCO)cc1. The molecule has 4 nitrogen and oxygen atoms in total. The van der Waals surface area contributed by atoms with Gasteiger partial charge < -0.3 is 15.2 Å². The number of rotatable bonds is 6. The standard InChI is InChI=1S/C14H19NO3/c1-18-11-5-3-10(4-6-11)12-9-13(12)14(17)15-7-2-8-16/h3-6,12-13,16H,2,7-9H2,1H3,(H,15,17). The van der Waals surface area contributed by atoms with Crippen LogP contribution in [0.1, 0.15) is 24.3 Å². The van der Waals surface area contributed by atoms with Crippen molar-refractivity contribution in [2.75, 3.05) is 20.3 Å². The van der Waals surface area contributed by atoms with Crippen molar-refractivity contribution in [2.45, 2.75) is 18.8 Å². The van der Waals surface area contributed by atoms with Gasteiger partial charge in [0.25, 0.3) is 0 Å². The largest absolute Gasteiger partial charge is 0.497 e. The molecule has 1 aromatic carbocycles. The number of aliphatic hydroxyl groups excluding tert-OH is 1. The van der Waals surface area contributed by atoms with Crippen LogP contribution in [0.25, 0.3) is 0 Å². The van der Waals surface area contributed by atoms with Gasteiger partial charge in [-0.25, -0.2) is 0 Å². The molecule has 1 aliphatic rings. The van der Waals surface area contributed by atoms with Gasteiger partial charge in [-0.2, -0.15) is 0 Å². The van der Waals surface area contributed by atoms with E-state index in [0.29, 0.717) is 18.9 Å². The predicted octanol–water partition coefficient (Wildman–Crippen LogP) is 1.30. The molecule has 0 aliphatic heterocycles. The Morgan fingerprint density at radius 2 is 2.17 bits per heavy atom. The summed E-state index contributed by atoms with van der Waals surface area (Å²) in [5.41, 5.74) is 1.19. The Morgan fingerprint density at radius 3 is 2.78 bits per heavy atom. The van der Waals surface area contributed by atoms with Crippen LogP contribution < -0.4 is 10.1 Å². The maximum absolute atomic E-state index is 11.8. The first-order chi connectivity index (χ1) is 8.76. The third kappa shape index (κ3) is 3.01. The number of ether oxygens (including phenoxy) is 1. The molecule has 18 heavy (non-hydrogen) atoms. The van der Waals surface area contributed by atoms with Crippen LogP contribution in [0.2, 0.25) is 0 Å². The van der Waals surface area contributed by atoms with Crippen LogP contribution in [-0.4, -0.2) is 31.3 Å². The number of carbonyl (C=O) groups excluding carboxylic acids is 1. The van der Waals surface area contributed by atoms with Gasteiger partial charge in [-0.1, -0.05) is 12.1 Å². The van der Waals surface area contributed by atoms with Crippen LogP contribution in [0.15, 0.2) is 24.3 Å². The lowest BCUT2D eigenvalue weighted by molar-refractivity contribution is -0.122. The number of aliphatic hydroxyl groups is 1. The first kappa shape index (κ1) is 12.9. The Balaban J connectivity index is 1.84. The topological polar surface area (TPSA) is 58.6 Å². The van der Waals surface area contributed by atoms with E-state index in [4.69, 9.17) is 9.84 Å². The summed E-state index contributed by atoms with van der Waals surface area (Å²) in [6, 6.07) is 7.89. The molecule has 0 radical (unpaired) electrons. The third-order valence-corrected chi connectivity index (χ3v) is 3.31. The maximum atomic E-state index is 11.8. The number of methoxy groups -OCH3 is 1. The van der Waals surface area contributed by atoms with Crippen LogP contribution in [0, 0.1) is 5.92 Å². The maximum Gasteiger partial charge on any atom is 0.223 e. The summed E-state index contributed by atoms with van der Waals surface area (Å²) < 4.78 is 5.11. The van der Waals surface area contributed by atoms with E-state index < -0.39 is 0 Å². The molecule has 1 aromatic rings. The van der Waals surface area contributed by atoms with Gasteiger partial charge in [0.15, 0.2) is 0 Å². The lowest BCUT2D eigenvalue weighted by atomic mass is 10.1. The van der Waals surface area contributed by atoms with Gasteiger partial charge in [0.05, 0.1) is 7.11 Å². The number of hydrogen-bond donors (Lipinski definition) is 2. The second-order valence-electron chi connectivity index (χ2n) is 4.59. The average Bonchev–Trinajstić information content (AvgIpc) is 3.19. The molecular formula is C14H19NO3. The summed E-state index contributed by atoms with van der Waals surface area (Å²) in [6.07, 6.45) is 1.53. The van der Waals surface area contributed by atoms with Crippen molar-refractivity contribution in [3.8, 4) is 5.75 Å². The molecule has 2 N–H and O–H groups in total. The number of carbonyl (C=O) groups is 1. The highest BCUT2D eigenvalue weighted by Crippen LogP contribution is 2.47. The van der Waals surface area contributed by atoms with Gasteiger partial charge in [0.1, 0.15) is 5.75 Å². The van der Waals surface area contributed by atoms with E-state index in [2.05, 4.69) is 5.32 Å². The van der Waals surface area contributed by atoms with Crippen LogP contribution in [0.5, 0.6) is 5.75 Å². The average molecular weight is 249 g/mol. The first-order valence-electron chi connectivity index (χ1n) is 6.28. The molecule has 2 atom stereocenters. The summed E-state index contributed by atoms with van der Waals surface area (Å²) in [4.78, 5) is 11.8. The zero-order valence-electron chi connectivity index (χ0n) is 10.6. The number of nitrogens with one attached hydrogen (secondary N) is 1. The molecule has 1 aliphatic carbocycles. The minimum Gasteiger partial charge on any atom is -0.497 e. The highest BCUT2D eigenvalue weighted by atomic mass is 16.5. The first-order valence-corrected chi connectivity index (χ1v) is 6.28. The molecule has 98 valence electrons. The Kier molecular flexibility index (Phi) is 4.20. The number of amides is 1. The molecule has 0 spiro atoms. The molecule has 0 saturated heterocycles. The Hall–Kier alpha value is -1.55. The molecule has 1 saturated carbocycles. The van der Waals surface area contributed by atoms with Crippen LogP contribution in [0.4, 0.5) is 0 Å². The van der Waals surface area contributed by atoms with Gasteiger partial charge in [0, 0.05) is 19.1 Å². The molecule has 1 fully saturated rings. The predicted molar refractivity (Wildman–Crippen MR) is 68.6 cm³/mol. The molecule has 4 heteroatoms. The van der Waals surface area contributed by atoms with Crippen molar-refractivity contribution >= 4 is 5.91 Å². The van der Waals surface area contributed by atoms with Crippen molar-refractivity contribution in [2.24, 2.45) is 5.92 Å². The van der Waals surface area contributed by atoms with Gasteiger partial charge >= 0.3 is 0 Å². The summed E-state index contributed by atoms with van der Waals surface area (Å²) in [5, 5.41) is 11.5. The fourth-order valence-electron chi connectivity index (χ4n) is 2.13. The summed E-state index contributed by atoms with van der Waals surface area (Å²) in [5.74, 6) is 1.37. The molecule has 1 amide bonds. The smallest absolute Gasteiger partial charge is 0.223 e. The van der Waals surface area contributed by atoms with Crippen molar-refractivity contribution in [1.82, 2.24) is 5.32 Å². The minimum atomic E-state index is 0.0945.